The number of hydrogen-bond acceptors (Lipinski definition) is 3. The molecule has 76 valence electrons. The molecule has 0 aromatic heterocycles. The maximum absolute atomic E-state index is 10.7. The zero-order chi connectivity index (χ0) is 11.4. The molecule has 0 unspecified atom stereocenters. The van der Waals surface area contributed by atoms with Crippen molar-refractivity contribution in [2.45, 2.75) is 6.42 Å². The van der Waals surface area contributed by atoms with E-state index in [1.807, 2.05) is 6.07 Å². The minimum Gasteiger partial charge on any atom is -0.481 e. The third kappa shape index (κ3) is 2.64. The van der Waals surface area contributed by atoms with E-state index in [1.165, 1.54) is 12.1 Å². The van der Waals surface area contributed by atoms with Crippen LogP contribution in [0.2, 0.25) is 0 Å². The summed E-state index contributed by atoms with van der Waals surface area (Å²) in [5.41, 5.74) is 0.942. The van der Waals surface area contributed by atoms with Crippen molar-refractivity contribution in [2.24, 2.45) is 0 Å². The van der Waals surface area contributed by atoms with Crippen LogP contribution in [0.4, 0.5) is 0 Å². The Morgan fingerprint density at radius 1 is 1.60 bits per heavy atom. The SMILES string of the molecule is N#Cc1cc(CC(=O)O)c(C=O)cc1Br. The first kappa shape index (κ1) is 11.4. The molecule has 0 spiro atoms. The molecule has 0 saturated heterocycles. The van der Waals surface area contributed by atoms with Gasteiger partial charge in [0.25, 0.3) is 0 Å². The van der Waals surface area contributed by atoms with E-state index in [0.717, 1.165) is 0 Å². The van der Waals surface area contributed by atoms with Crippen molar-refractivity contribution in [3.8, 4) is 6.07 Å². The van der Waals surface area contributed by atoms with Gasteiger partial charge in [0.15, 0.2) is 0 Å². The van der Waals surface area contributed by atoms with E-state index in [1.54, 1.807) is 0 Å². The summed E-state index contributed by atoms with van der Waals surface area (Å²) in [5.74, 6) is -1.04. The quantitative estimate of drug-likeness (QED) is 0.847. The fraction of sp³-hybridized carbons (Fsp3) is 0.100. The van der Waals surface area contributed by atoms with Crippen LogP contribution in [-0.4, -0.2) is 17.4 Å². The molecular weight excluding hydrogens is 262 g/mol. The first-order valence-corrected chi connectivity index (χ1v) is 4.77. The largest absolute Gasteiger partial charge is 0.481 e. The second-order valence-corrected chi connectivity index (χ2v) is 3.69. The van der Waals surface area contributed by atoms with E-state index in [2.05, 4.69) is 15.9 Å². The number of nitriles is 1. The number of rotatable bonds is 3. The number of benzene rings is 1. The number of carbonyl (C=O) groups is 2. The molecule has 1 rings (SSSR count). The molecule has 0 saturated carbocycles. The Labute approximate surface area is 94.3 Å². The van der Waals surface area contributed by atoms with Crippen molar-refractivity contribution >= 4 is 28.2 Å². The molecule has 1 N–H and O–H groups in total. The Bertz CT molecular complexity index is 462. The molecule has 0 radical (unpaired) electrons. The van der Waals surface area contributed by atoms with Crippen LogP contribution in [0.25, 0.3) is 0 Å². The van der Waals surface area contributed by atoms with E-state index in [9.17, 15) is 9.59 Å². The lowest BCUT2D eigenvalue weighted by atomic mass is 10.0. The average Bonchev–Trinajstić information content (AvgIpc) is 2.19. The van der Waals surface area contributed by atoms with E-state index >= 15 is 0 Å². The minimum absolute atomic E-state index is 0.268. The molecule has 0 bridgehead atoms. The lowest BCUT2D eigenvalue weighted by Crippen LogP contribution is -2.04. The van der Waals surface area contributed by atoms with Gasteiger partial charge in [-0.05, 0) is 33.6 Å². The second kappa shape index (κ2) is 4.71. The van der Waals surface area contributed by atoms with Gasteiger partial charge in [0, 0.05) is 10.0 Å². The van der Waals surface area contributed by atoms with Crippen LogP contribution in [0, 0.1) is 11.3 Å². The van der Waals surface area contributed by atoms with Crippen molar-refractivity contribution in [2.75, 3.05) is 0 Å². The molecule has 1 aromatic carbocycles. The van der Waals surface area contributed by atoms with Gasteiger partial charge in [0.2, 0.25) is 0 Å². The summed E-state index contributed by atoms with van der Waals surface area (Å²) in [6.45, 7) is 0. The number of aldehydes is 1. The first-order chi connectivity index (χ1) is 7.08. The van der Waals surface area contributed by atoms with Crippen LogP contribution < -0.4 is 0 Å². The average molecular weight is 268 g/mol. The third-order valence-electron chi connectivity index (χ3n) is 1.82. The minimum atomic E-state index is -1.04. The predicted molar refractivity (Wildman–Crippen MR) is 55.6 cm³/mol. The van der Waals surface area contributed by atoms with Crippen LogP contribution in [-0.2, 0) is 11.2 Å². The van der Waals surface area contributed by atoms with Gasteiger partial charge >= 0.3 is 5.97 Å². The van der Waals surface area contributed by atoms with Crippen molar-refractivity contribution < 1.29 is 14.7 Å². The van der Waals surface area contributed by atoms with Crippen molar-refractivity contribution in [3.63, 3.8) is 0 Å². The molecular formula is C10H6BrNO3. The third-order valence-corrected chi connectivity index (χ3v) is 2.47. The van der Waals surface area contributed by atoms with Gasteiger partial charge in [-0.3, -0.25) is 9.59 Å². The zero-order valence-electron chi connectivity index (χ0n) is 7.53. The van der Waals surface area contributed by atoms with Gasteiger partial charge in [-0.2, -0.15) is 5.26 Å². The van der Waals surface area contributed by atoms with Gasteiger partial charge in [-0.15, -0.1) is 0 Å². The van der Waals surface area contributed by atoms with Gasteiger partial charge in [0.05, 0.1) is 12.0 Å². The second-order valence-electron chi connectivity index (χ2n) is 2.83. The van der Waals surface area contributed by atoms with Crippen molar-refractivity contribution in [1.82, 2.24) is 0 Å². The molecule has 0 amide bonds. The summed E-state index contributed by atoms with van der Waals surface area (Å²) in [5, 5.41) is 17.3. The van der Waals surface area contributed by atoms with E-state index in [-0.39, 0.29) is 12.0 Å². The fourth-order valence-corrected chi connectivity index (χ4v) is 1.59. The molecule has 15 heavy (non-hydrogen) atoms. The lowest BCUT2D eigenvalue weighted by molar-refractivity contribution is -0.136. The summed E-state index contributed by atoms with van der Waals surface area (Å²) in [4.78, 5) is 21.2. The summed E-state index contributed by atoms with van der Waals surface area (Å²) in [7, 11) is 0. The van der Waals surface area contributed by atoms with Gasteiger partial charge in [-0.1, -0.05) is 0 Å². The van der Waals surface area contributed by atoms with Crippen LogP contribution in [0.1, 0.15) is 21.5 Å². The normalized spacial score (nSPS) is 9.33. The Balaban J connectivity index is 3.29. The van der Waals surface area contributed by atoms with Crippen molar-refractivity contribution in [1.29, 1.82) is 5.26 Å². The maximum Gasteiger partial charge on any atom is 0.307 e. The van der Waals surface area contributed by atoms with Gasteiger partial charge in [-0.25, -0.2) is 0 Å². The summed E-state index contributed by atoms with van der Waals surface area (Å²) < 4.78 is 0.487. The monoisotopic (exact) mass is 267 g/mol. The van der Waals surface area contributed by atoms with Crippen LogP contribution >= 0.6 is 15.9 Å². The van der Waals surface area contributed by atoms with Gasteiger partial charge < -0.3 is 5.11 Å². The highest BCUT2D eigenvalue weighted by atomic mass is 79.9. The molecule has 0 aliphatic carbocycles. The Morgan fingerprint density at radius 3 is 2.73 bits per heavy atom. The smallest absolute Gasteiger partial charge is 0.307 e. The number of nitrogens with zero attached hydrogens (tertiary/aromatic N) is 1. The Hall–Kier alpha value is -1.67. The predicted octanol–water partition coefficient (Wildman–Crippen LogP) is 1.76. The number of carbonyl (C=O) groups excluding carboxylic acids is 1. The molecule has 0 aliphatic heterocycles. The number of hydrogen-bond donors (Lipinski definition) is 1. The summed E-state index contributed by atoms with van der Waals surface area (Å²) in [6.07, 6.45) is 0.306. The standard InChI is InChI=1S/C10H6BrNO3/c11-9-2-8(5-13)6(3-10(14)15)1-7(9)4-12/h1-2,5H,3H2,(H,14,15). The van der Waals surface area contributed by atoms with E-state index in [4.69, 9.17) is 10.4 Å². The molecule has 0 heterocycles. The Morgan fingerprint density at radius 2 is 2.27 bits per heavy atom. The first-order valence-electron chi connectivity index (χ1n) is 3.98. The highest BCUT2D eigenvalue weighted by molar-refractivity contribution is 9.10. The highest BCUT2D eigenvalue weighted by Gasteiger charge is 2.10. The molecule has 4 nitrogen and oxygen atoms in total. The number of aliphatic carboxylic acids is 1. The summed E-state index contributed by atoms with van der Waals surface area (Å²) in [6, 6.07) is 4.76. The molecule has 0 fully saturated rings. The maximum atomic E-state index is 10.7. The topological polar surface area (TPSA) is 78.2 Å². The highest BCUT2D eigenvalue weighted by Crippen LogP contribution is 2.21. The fourth-order valence-electron chi connectivity index (χ4n) is 1.14. The zero-order valence-corrected chi connectivity index (χ0v) is 9.11. The number of carboxylic acid groups (broad SMARTS) is 1. The van der Waals surface area contributed by atoms with Crippen LogP contribution in [0.5, 0.6) is 0 Å². The number of carboxylic acids is 1. The van der Waals surface area contributed by atoms with E-state index in [0.29, 0.717) is 21.9 Å². The molecule has 1 aromatic rings. The summed E-state index contributed by atoms with van der Waals surface area (Å²) >= 11 is 3.12. The van der Waals surface area contributed by atoms with Crippen LogP contribution in [0.15, 0.2) is 16.6 Å². The van der Waals surface area contributed by atoms with Crippen molar-refractivity contribution in [3.05, 3.63) is 33.3 Å². The molecule has 0 atom stereocenters. The molecule has 0 aliphatic rings. The van der Waals surface area contributed by atoms with Crippen LogP contribution in [0.3, 0.4) is 0 Å². The number of halogens is 1. The lowest BCUT2D eigenvalue weighted by Gasteiger charge is -2.04. The van der Waals surface area contributed by atoms with E-state index < -0.39 is 5.97 Å². The Kier molecular flexibility index (Phi) is 3.58. The van der Waals surface area contributed by atoms with Gasteiger partial charge in [0.1, 0.15) is 12.4 Å². The molecule has 5 heteroatoms.